The Bertz CT molecular complexity index is 578. The first kappa shape index (κ1) is 16.0. The number of aliphatic carboxylic acids is 1. The predicted molar refractivity (Wildman–Crippen MR) is 80.7 cm³/mol. The van der Waals surface area contributed by atoms with Crippen molar-refractivity contribution >= 4 is 17.8 Å². The molecule has 6 heteroatoms. The Morgan fingerprint density at radius 2 is 1.77 bits per heavy atom. The Morgan fingerprint density at radius 3 is 2.27 bits per heavy atom. The first-order valence-corrected chi connectivity index (χ1v) is 7.27. The third-order valence-corrected chi connectivity index (χ3v) is 3.62. The normalized spacial score (nSPS) is 15.0. The number of benzene rings is 1. The Labute approximate surface area is 129 Å². The van der Waals surface area contributed by atoms with Gasteiger partial charge in [-0.25, -0.2) is 0 Å². The van der Waals surface area contributed by atoms with Crippen LogP contribution in [0.2, 0.25) is 0 Å². The van der Waals surface area contributed by atoms with Gasteiger partial charge in [0.05, 0.1) is 5.92 Å². The lowest BCUT2D eigenvalue weighted by Crippen LogP contribution is -2.33. The Balaban J connectivity index is 1.97. The van der Waals surface area contributed by atoms with E-state index in [0.29, 0.717) is 11.1 Å². The molecule has 118 valence electrons. The number of carboxylic acid groups (broad SMARTS) is 1. The van der Waals surface area contributed by atoms with Crippen LogP contribution in [0.1, 0.15) is 40.5 Å². The van der Waals surface area contributed by atoms with Crippen LogP contribution >= 0.6 is 0 Å². The summed E-state index contributed by atoms with van der Waals surface area (Å²) in [5.74, 6) is -1.96. The number of rotatable bonds is 6. The molecule has 0 spiro atoms. The van der Waals surface area contributed by atoms with Crippen LogP contribution in [0.3, 0.4) is 0 Å². The molecule has 0 saturated heterocycles. The van der Waals surface area contributed by atoms with Crippen molar-refractivity contribution in [2.24, 2.45) is 5.92 Å². The van der Waals surface area contributed by atoms with Crippen molar-refractivity contribution in [3.05, 3.63) is 35.4 Å². The lowest BCUT2D eigenvalue weighted by atomic mass is 10.1. The highest BCUT2D eigenvalue weighted by atomic mass is 16.4. The summed E-state index contributed by atoms with van der Waals surface area (Å²) in [6, 6.07) is 6.69. The zero-order valence-corrected chi connectivity index (χ0v) is 12.7. The fraction of sp³-hybridized carbons (Fsp3) is 0.438. The molecule has 1 aliphatic carbocycles. The first-order chi connectivity index (χ1) is 10.4. The van der Waals surface area contributed by atoms with Crippen LogP contribution < -0.4 is 5.32 Å². The minimum Gasteiger partial charge on any atom is -0.481 e. The van der Waals surface area contributed by atoms with Crippen molar-refractivity contribution in [2.75, 3.05) is 13.6 Å². The standard InChI is InChI=1S/C16H20N2O4/c1-10(16(21)22)9-18(2)15(20)12-5-3-11(4-6-12)14(19)17-13-7-8-13/h3-6,10,13H,7-9H2,1-2H3,(H,17,19)(H,21,22). The highest BCUT2D eigenvalue weighted by molar-refractivity contribution is 5.98. The summed E-state index contributed by atoms with van der Waals surface area (Å²) < 4.78 is 0. The quantitative estimate of drug-likeness (QED) is 0.831. The molecule has 0 aliphatic heterocycles. The van der Waals surface area contributed by atoms with Gasteiger partial charge in [-0.2, -0.15) is 0 Å². The number of nitrogens with one attached hydrogen (secondary N) is 1. The van der Waals surface area contributed by atoms with Crippen LogP contribution in [0.25, 0.3) is 0 Å². The average molecular weight is 304 g/mol. The van der Waals surface area contributed by atoms with Crippen molar-refractivity contribution in [1.29, 1.82) is 0 Å². The highest BCUT2D eigenvalue weighted by Gasteiger charge is 2.24. The number of carbonyl (C=O) groups excluding carboxylic acids is 2. The number of amides is 2. The molecule has 22 heavy (non-hydrogen) atoms. The highest BCUT2D eigenvalue weighted by Crippen LogP contribution is 2.19. The number of carbonyl (C=O) groups is 3. The van der Waals surface area contributed by atoms with E-state index >= 15 is 0 Å². The van der Waals surface area contributed by atoms with E-state index in [0.717, 1.165) is 12.8 Å². The van der Waals surface area contributed by atoms with Gasteiger partial charge in [0, 0.05) is 30.8 Å². The van der Waals surface area contributed by atoms with Gasteiger partial charge in [-0.3, -0.25) is 14.4 Å². The van der Waals surface area contributed by atoms with Gasteiger partial charge in [-0.1, -0.05) is 6.92 Å². The lowest BCUT2D eigenvalue weighted by molar-refractivity contribution is -0.141. The van der Waals surface area contributed by atoms with Gasteiger partial charge in [0.1, 0.15) is 0 Å². The number of carboxylic acids is 1. The van der Waals surface area contributed by atoms with Crippen LogP contribution in [0, 0.1) is 5.92 Å². The average Bonchev–Trinajstić information content (AvgIpc) is 3.30. The maximum atomic E-state index is 12.2. The largest absolute Gasteiger partial charge is 0.481 e. The van der Waals surface area contributed by atoms with Gasteiger partial charge in [0.15, 0.2) is 0 Å². The molecule has 1 aromatic rings. The third kappa shape index (κ3) is 4.07. The smallest absolute Gasteiger partial charge is 0.308 e. The fourth-order valence-corrected chi connectivity index (χ4v) is 2.05. The van der Waals surface area contributed by atoms with Gasteiger partial charge in [0.25, 0.3) is 11.8 Å². The van der Waals surface area contributed by atoms with Gasteiger partial charge >= 0.3 is 5.97 Å². The molecule has 2 rings (SSSR count). The van der Waals surface area contributed by atoms with Gasteiger partial charge in [-0.05, 0) is 37.1 Å². The van der Waals surface area contributed by atoms with E-state index in [1.54, 1.807) is 38.2 Å². The Morgan fingerprint density at radius 1 is 1.23 bits per heavy atom. The molecule has 2 N–H and O–H groups in total. The van der Waals surface area contributed by atoms with E-state index in [1.807, 2.05) is 0 Å². The second kappa shape index (κ2) is 6.60. The molecular formula is C16H20N2O4. The van der Waals surface area contributed by atoms with E-state index in [2.05, 4.69) is 5.32 Å². The molecule has 0 heterocycles. The van der Waals surface area contributed by atoms with Crippen molar-refractivity contribution in [1.82, 2.24) is 10.2 Å². The van der Waals surface area contributed by atoms with E-state index in [9.17, 15) is 14.4 Å². The van der Waals surface area contributed by atoms with E-state index in [4.69, 9.17) is 5.11 Å². The summed E-state index contributed by atoms with van der Waals surface area (Å²) in [7, 11) is 1.56. The van der Waals surface area contributed by atoms with Crippen molar-refractivity contribution < 1.29 is 19.5 Å². The molecule has 0 aromatic heterocycles. The fourth-order valence-electron chi connectivity index (χ4n) is 2.05. The van der Waals surface area contributed by atoms with Crippen molar-refractivity contribution in [3.8, 4) is 0 Å². The van der Waals surface area contributed by atoms with E-state index in [1.165, 1.54) is 4.90 Å². The maximum absolute atomic E-state index is 12.2. The van der Waals surface area contributed by atoms with Crippen molar-refractivity contribution in [2.45, 2.75) is 25.8 Å². The van der Waals surface area contributed by atoms with Crippen LogP contribution in [-0.4, -0.2) is 47.4 Å². The summed E-state index contributed by atoms with van der Waals surface area (Å²) in [5.41, 5.74) is 0.952. The Kier molecular flexibility index (Phi) is 4.80. The number of hydrogen-bond acceptors (Lipinski definition) is 3. The van der Waals surface area contributed by atoms with Gasteiger partial charge in [0.2, 0.25) is 0 Å². The van der Waals surface area contributed by atoms with Gasteiger partial charge in [-0.15, -0.1) is 0 Å². The molecule has 1 unspecified atom stereocenters. The molecule has 1 fully saturated rings. The molecule has 1 aliphatic rings. The summed E-state index contributed by atoms with van der Waals surface area (Å²) in [4.78, 5) is 36.3. The molecule has 1 saturated carbocycles. The second-order valence-electron chi connectivity index (χ2n) is 5.75. The summed E-state index contributed by atoms with van der Waals surface area (Å²) in [6.45, 7) is 1.69. The zero-order chi connectivity index (χ0) is 16.3. The molecule has 2 amide bonds. The topological polar surface area (TPSA) is 86.7 Å². The number of hydrogen-bond donors (Lipinski definition) is 2. The van der Waals surface area contributed by atoms with Crippen LogP contribution in [0.15, 0.2) is 24.3 Å². The summed E-state index contributed by atoms with van der Waals surface area (Å²) in [6.07, 6.45) is 2.05. The molecule has 0 bridgehead atoms. The molecule has 1 atom stereocenters. The predicted octanol–water partition coefficient (Wildman–Crippen LogP) is 1.37. The maximum Gasteiger partial charge on any atom is 0.308 e. The Hall–Kier alpha value is -2.37. The van der Waals surface area contributed by atoms with Crippen LogP contribution in [-0.2, 0) is 4.79 Å². The lowest BCUT2D eigenvalue weighted by Gasteiger charge is -2.19. The van der Waals surface area contributed by atoms with Crippen LogP contribution in [0.5, 0.6) is 0 Å². The molecule has 1 aromatic carbocycles. The third-order valence-electron chi connectivity index (χ3n) is 3.62. The monoisotopic (exact) mass is 304 g/mol. The summed E-state index contributed by atoms with van der Waals surface area (Å²) in [5, 5.41) is 11.8. The van der Waals surface area contributed by atoms with Gasteiger partial charge < -0.3 is 15.3 Å². The first-order valence-electron chi connectivity index (χ1n) is 7.27. The molecule has 0 radical (unpaired) electrons. The minimum atomic E-state index is -0.938. The molecule has 6 nitrogen and oxygen atoms in total. The summed E-state index contributed by atoms with van der Waals surface area (Å²) >= 11 is 0. The van der Waals surface area contributed by atoms with E-state index in [-0.39, 0.29) is 24.4 Å². The van der Waals surface area contributed by atoms with Crippen molar-refractivity contribution in [3.63, 3.8) is 0 Å². The SMILES string of the molecule is CC(CN(C)C(=O)c1ccc(C(=O)NC2CC2)cc1)C(=O)O. The number of nitrogens with zero attached hydrogens (tertiary/aromatic N) is 1. The van der Waals surface area contributed by atoms with Crippen LogP contribution in [0.4, 0.5) is 0 Å². The van der Waals surface area contributed by atoms with E-state index < -0.39 is 11.9 Å². The zero-order valence-electron chi connectivity index (χ0n) is 12.7. The second-order valence-corrected chi connectivity index (χ2v) is 5.75. The molecular weight excluding hydrogens is 284 g/mol. The minimum absolute atomic E-state index is 0.130.